The largest absolute Gasteiger partial charge is 0.462 e. The van der Waals surface area contributed by atoms with Crippen molar-refractivity contribution in [2.75, 3.05) is 20.1 Å². The fraction of sp³-hybridized carbons (Fsp3) is 0.733. The number of alkyl halides is 3. The Labute approximate surface area is 153 Å². The molecule has 1 aliphatic rings. The van der Waals surface area contributed by atoms with E-state index in [4.69, 9.17) is 9.53 Å². The summed E-state index contributed by atoms with van der Waals surface area (Å²) in [4.78, 5) is 22.0. The molecule has 0 aromatic rings. The second-order valence-electron chi connectivity index (χ2n) is 5.53. The van der Waals surface area contributed by atoms with Crippen molar-refractivity contribution < 1.29 is 32.6 Å². The molecule has 24 heavy (non-hydrogen) atoms. The SMILES string of the molecule is CC(=O)OC1CCN(C)CC1C(O)CC/C=C/I.O=CC(F)(F)F. The minimum atomic E-state index is -4.64. The summed E-state index contributed by atoms with van der Waals surface area (Å²) in [5, 5.41) is 10.2. The van der Waals surface area contributed by atoms with Crippen LogP contribution in [-0.4, -0.2) is 60.8 Å². The number of halogens is 4. The molecule has 5 nitrogen and oxygen atoms in total. The first-order chi connectivity index (χ1) is 11.1. The molecule has 3 unspecified atom stereocenters. The van der Waals surface area contributed by atoms with Crippen molar-refractivity contribution in [3.63, 3.8) is 0 Å². The van der Waals surface area contributed by atoms with Gasteiger partial charge in [-0.2, -0.15) is 13.2 Å². The second-order valence-corrected chi connectivity index (χ2v) is 6.25. The van der Waals surface area contributed by atoms with Crippen LogP contribution < -0.4 is 0 Å². The molecule has 0 saturated carbocycles. The molecular weight excluding hydrogens is 442 g/mol. The molecule has 1 saturated heterocycles. The van der Waals surface area contributed by atoms with Crippen LogP contribution in [0.2, 0.25) is 0 Å². The van der Waals surface area contributed by atoms with Gasteiger partial charge in [-0.3, -0.25) is 9.59 Å². The van der Waals surface area contributed by atoms with E-state index >= 15 is 0 Å². The molecule has 1 N–H and O–H groups in total. The van der Waals surface area contributed by atoms with E-state index in [0.29, 0.717) is 0 Å². The van der Waals surface area contributed by atoms with Crippen molar-refractivity contribution in [3.05, 3.63) is 10.2 Å². The maximum atomic E-state index is 11.1. The summed E-state index contributed by atoms with van der Waals surface area (Å²) in [5.41, 5.74) is 0. The van der Waals surface area contributed by atoms with Crippen molar-refractivity contribution in [2.45, 2.75) is 44.6 Å². The average Bonchev–Trinajstić information content (AvgIpc) is 2.48. The number of aliphatic hydroxyl groups is 1. The Morgan fingerprint density at radius 1 is 1.50 bits per heavy atom. The Morgan fingerprint density at radius 2 is 2.08 bits per heavy atom. The molecule has 0 amide bonds. The third-order valence-corrected chi connectivity index (χ3v) is 3.97. The van der Waals surface area contributed by atoms with Crippen LogP contribution in [0.5, 0.6) is 0 Å². The molecule has 140 valence electrons. The van der Waals surface area contributed by atoms with Gasteiger partial charge >= 0.3 is 12.1 Å². The van der Waals surface area contributed by atoms with Crippen molar-refractivity contribution in [1.29, 1.82) is 0 Å². The Kier molecular flexibility index (Phi) is 11.5. The number of ether oxygens (including phenoxy) is 1. The van der Waals surface area contributed by atoms with Gasteiger partial charge in [-0.25, -0.2) is 0 Å². The Balaban J connectivity index is 0.000000754. The number of nitrogens with zero attached hydrogens (tertiary/aromatic N) is 1. The van der Waals surface area contributed by atoms with Crippen LogP contribution in [0.4, 0.5) is 13.2 Å². The third kappa shape index (κ3) is 11.0. The average molecular weight is 465 g/mol. The molecule has 0 aliphatic carbocycles. The van der Waals surface area contributed by atoms with Crippen LogP contribution in [0.1, 0.15) is 26.2 Å². The molecule has 1 aliphatic heterocycles. The normalized spacial score (nSPS) is 23.3. The van der Waals surface area contributed by atoms with Crippen LogP contribution in [0.15, 0.2) is 10.2 Å². The predicted octanol–water partition coefficient (Wildman–Crippen LogP) is 2.71. The highest BCUT2D eigenvalue weighted by Crippen LogP contribution is 2.25. The van der Waals surface area contributed by atoms with E-state index in [-0.39, 0.29) is 18.0 Å². The first kappa shape index (κ1) is 23.3. The van der Waals surface area contributed by atoms with Crippen LogP contribution in [0.25, 0.3) is 0 Å². The second kappa shape index (κ2) is 11.8. The number of hydrogen-bond donors (Lipinski definition) is 1. The van der Waals surface area contributed by atoms with Gasteiger partial charge in [0.25, 0.3) is 0 Å². The number of carbonyl (C=O) groups excluding carboxylic acids is 2. The first-order valence-corrected chi connectivity index (χ1v) is 8.67. The van der Waals surface area contributed by atoms with Gasteiger partial charge in [-0.1, -0.05) is 28.7 Å². The molecule has 9 heteroatoms. The Hall–Kier alpha value is -0.680. The van der Waals surface area contributed by atoms with Gasteiger partial charge in [0.15, 0.2) is 0 Å². The van der Waals surface area contributed by atoms with E-state index in [9.17, 15) is 23.1 Å². The van der Waals surface area contributed by atoms with Crippen molar-refractivity contribution in [1.82, 2.24) is 4.90 Å². The fourth-order valence-corrected chi connectivity index (χ4v) is 2.76. The van der Waals surface area contributed by atoms with E-state index < -0.39 is 18.6 Å². The Morgan fingerprint density at radius 3 is 2.54 bits per heavy atom. The summed E-state index contributed by atoms with van der Waals surface area (Å²) in [6, 6.07) is 0. The van der Waals surface area contributed by atoms with Gasteiger partial charge in [-0.15, -0.1) is 0 Å². The molecule has 0 bridgehead atoms. The monoisotopic (exact) mass is 465 g/mol. The zero-order chi connectivity index (χ0) is 18.8. The van der Waals surface area contributed by atoms with E-state index in [0.717, 1.165) is 32.4 Å². The number of hydrogen-bond acceptors (Lipinski definition) is 5. The summed E-state index contributed by atoms with van der Waals surface area (Å²) in [6.45, 7) is 3.13. The molecule has 0 spiro atoms. The maximum absolute atomic E-state index is 11.1. The standard InChI is InChI=1S/C13H22INO3.C2HF3O/c1-10(16)18-13-6-8-15(2)9-11(13)12(17)5-3-4-7-14;3-2(4,5)1-6/h4,7,11-13,17H,3,5-6,8-9H2,1-2H3;1H/b7-4+;. The number of piperidine rings is 1. The summed E-state index contributed by atoms with van der Waals surface area (Å²) in [6.07, 6.45) is -1.83. The van der Waals surface area contributed by atoms with E-state index in [1.807, 2.05) is 17.2 Å². The number of esters is 1. The highest BCUT2D eigenvalue weighted by Gasteiger charge is 2.34. The molecule has 3 atom stereocenters. The van der Waals surface area contributed by atoms with E-state index in [2.05, 4.69) is 27.5 Å². The predicted molar refractivity (Wildman–Crippen MR) is 91.7 cm³/mol. The molecule has 0 aromatic carbocycles. The molecular formula is C15H23F3INO4. The van der Waals surface area contributed by atoms with Crippen molar-refractivity contribution in [3.8, 4) is 0 Å². The number of aliphatic hydroxyl groups excluding tert-OH is 1. The molecule has 1 fully saturated rings. The molecule has 1 rings (SSSR count). The summed E-state index contributed by atoms with van der Waals surface area (Å²) >= 11 is 2.17. The quantitative estimate of drug-likeness (QED) is 0.385. The van der Waals surface area contributed by atoms with Gasteiger partial charge in [0.1, 0.15) is 6.10 Å². The van der Waals surface area contributed by atoms with Crippen LogP contribution in [0, 0.1) is 5.92 Å². The molecule has 0 radical (unpaired) electrons. The lowest BCUT2D eigenvalue weighted by atomic mass is 9.87. The maximum Gasteiger partial charge on any atom is 0.446 e. The fourth-order valence-electron chi connectivity index (χ4n) is 2.40. The smallest absolute Gasteiger partial charge is 0.446 e. The lowest BCUT2D eigenvalue weighted by Gasteiger charge is -2.38. The van der Waals surface area contributed by atoms with Gasteiger partial charge in [0.2, 0.25) is 6.29 Å². The number of likely N-dealkylation sites (tertiary alicyclic amines) is 1. The summed E-state index contributed by atoms with van der Waals surface area (Å²) < 4.78 is 38.5. The zero-order valence-corrected chi connectivity index (χ0v) is 15.8. The van der Waals surface area contributed by atoms with Gasteiger partial charge < -0.3 is 14.7 Å². The van der Waals surface area contributed by atoms with Crippen molar-refractivity contribution in [2.24, 2.45) is 5.92 Å². The van der Waals surface area contributed by atoms with E-state index in [1.54, 1.807) is 0 Å². The number of carbonyl (C=O) groups is 2. The lowest BCUT2D eigenvalue weighted by Crippen LogP contribution is -2.48. The van der Waals surface area contributed by atoms with Crippen LogP contribution in [-0.2, 0) is 14.3 Å². The summed E-state index contributed by atoms with van der Waals surface area (Å²) in [5.74, 6) is -0.232. The van der Waals surface area contributed by atoms with Gasteiger partial charge in [0.05, 0.1) is 6.10 Å². The van der Waals surface area contributed by atoms with Crippen molar-refractivity contribution >= 4 is 34.8 Å². The lowest BCUT2D eigenvalue weighted by molar-refractivity contribution is -0.156. The molecule has 0 aromatic heterocycles. The minimum Gasteiger partial charge on any atom is -0.462 e. The topological polar surface area (TPSA) is 66.8 Å². The highest BCUT2D eigenvalue weighted by molar-refractivity contribution is 14.1. The number of allylic oxidation sites excluding steroid dienone is 1. The first-order valence-electron chi connectivity index (χ1n) is 7.42. The minimum absolute atomic E-state index is 0.0234. The number of rotatable bonds is 5. The van der Waals surface area contributed by atoms with Crippen LogP contribution >= 0.6 is 22.6 Å². The van der Waals surface area contributed by atoms with Gasteiger partial charge in [-0.05, 0) is 30.4 Å². The highest BCUT2D eigenvalue weighted by atomic mass is 127. The van der Waals surface area contributed by atoms with Crippen LogP contribution in [0.3, 0.4) is 0 Å². The third-order valence-electron chi connectivity index (χ3n) is 3.46. The summed E-state index contributed by atoms with van der Waals surface area (Å²) in [7, 11) is 2.04. The Bertz CT molecular complexity index is 418. The zero-order valence-electron chi connectivity index (χ0n) is 13.6. The van der Waals surface area contributed by atoms with E-state index in [1.165, 1.54) is 6.92 Å². The molecule has 1 heterocycles. The number of aldehydes is 1. The van der Waals surface area contributed by atoms with Gasteiger partial charge in [0, 0.05) is 25.9 Å².